The molecule has 3 nitrogen and oxygen atoms in total. The Kier molecular flexibility index (Phi) is 4.02. The number of nitrogens with zero attached hydrogens (tertiary/aromatic N) is 1. The monoisotopic (exact) mass is 283 g/mol. The zero-order valence-electron chi connectivity index (χ0n) is 12.5. The van der Waals surface area contributed by atoms with Crippen molar-refractivity contribution in [3.8, 4) is 0 Å². The van der Waals surface area contributed by atoms with Crippen LogP contribution in [0.15, 0.2) is 36.5 Å². The van der Waals surface area contributed by atoms with Gasteiger partial charge in [0.05, 0.1) is 5.52 Å². The van der Waals surface area contributed by atoms with E-state index in [1.165, 1.54) is 6.42 Å². The number of hydrogen-bond acceptors (Lipinski definition) is 3. The fraction of sp³-hybridized carbons (Fsp3) is 0.444. The lowest BCUT2D eigenvalue weighted by atomic mass is 9.79. The molecule has 21 heavy (non-hydrogen) atoms. The van der Waals surface area contributed by atoms with Gasteiger partial charge in [-0.3, -0.25) is 9.78 Å². The van der Waals surface area contributed by atoms with E-state index in [0.717, 1.165) is 42.1 Å². The molecule has 3 rings (SSSR count). The van der Waals surface area contributed by atoms with E-state index in [0.29, 0.717) is 6.61 Å². The Labute approximate surface area is 125 Å². The molecular weight excluding hydrogens is 262 g/mol. The highest BCUT2D eigenvalue weighted by Gasteiger charge is 2.40. The zero-order valence-corrected chi connectivity index (χ0v) is 12.5. The Morgan fingerprint density at radius 1 is 1.24 bits per heavy atom. The number of pyridine rings is 1. The van der Waals surface area contributed by atoms with Crippen LogP contribution in [0.4, 0.5) is 0 Å². The number of ether oxygens (including phenoxy) is 1. The van der Waals surface area contributed by atoms with Crippen molar-refractivity contribution in [3.05, 3.63) is 42.1 Å². The van der Waals surface area contributed by atoms with Crippen LogP contribution in [-0.4, -0.2) is 23.0 Å². The third kappa shape index (κ3) is 2.70. The van der Waals surface area contributed by atoms with Gasteiger partial charge >= 0.3 is 0 Å². The maximum Gasteiger partial charge on any atom is 0.194 e. The molecule has 1 heterocycles. The Morgan fingerprint density at radius 2 is 2.05 bits per heavy atom. The van der Waals surface area contributed by atoms with Gasteiger partial charge in [0.15, 0.2) is 5.78 Å². The minimum absolute atomic E-state index is 0.122. The number of carbonyl (C=O) groups excluding carboxylic acids is 1. The van der Waals surface area contributed by atoms with Crippen LogP contribution in [0.3, 0.4) is 0 Å². The summed E-state index contributed by atoms with van der Waals surface area (Å²) < 4.78 is 5.93. The number of aromatic nitrogens is 1. The SMILES string of the molecule is CCOC1(C(=O)c2ccc3cccnc3c2)CCCCC1. The first-order valence-corrected chi connectivity index (χ1v) is 7.79. The molecule has 2 aromatic rings. The van der Waals surface area contributed by atoms with Crippen molar-refractivity contribution < 1.29 is 9.53 Å². The number of rotatable bonds is 4. The molecule has 1 aromatic carbocycles. The number of carbonyl (C=O) groups is 1. The third-order valence-corrected chi connectivity index (χ3v) is 4.36. The number of benzene rings is 1. The van der Waals surface area contributed by atoms with Crippen LogP contribution in [-0.2, 0) is 4.74 Å². The van der Waals surface area contributed by atoms with Crippen molar-refractivity contribution in [3.63, 3.8) is 0 Å². The van der Waals surface area contributed by atoms with Gasteiger partial charge in [0.2, 0.25) is 0 Å². The maximum atomic E-state index is 13.0. The Bertz CT molecular complexity index is 639. The van der Waals surface area contributed by atoms with E-state index >= 15 is 0 Å². The molecule has 0 radical (unpaired) electrons. The van der Waals surface area contributed by atoms with Crippen molar-refractivity contribution in [2.45, 2.75) is 44.6 Å². The lowest BCUT2D eigenvalue weighted by Crippen LogP contribution is -2.43. The van der Waals surface area contributed by atoms with Crippen molar-refractivity contribution >= 4 is 16.7 Å². The predicted molar refractivity (Wildman–Crippen MR) is 83.5 cm³/mol. The maximum absolute atomic E-state index is 13.0. The Hall–Kier alpha value is -1.74. The van der Waals surface area contributed by atoms with Crippen molar-refractivity contribution in [2.75, 3.05) is 6.61 Å². The summed E-state index contributed by atoms with van der Waals surface area (Å²) in [6, 6.07) is 9.69. The van der Waals surface area contributed by atoms with Gasteiger partial charge in [0, 0.05) is 23.8 Å². The molecule has 1 aromatic heterocycles. The van der Waals surface area contributed by atoms with Gasteiger partial charge in [-0.25, -0.2) is 0 Å². The Balaban J connectivity index is 1.97. The summed E-state index contributed by atoms with van der Waals surface area (Å²) in [4.78, 5) is 17.3. The van der Waals surface area contributed by atoms with Crippen molar-refractivity contribution in [2.24, 2.45) is 0 Å². The van der Waals surface area contributed by atoms with Gasteiger partial charge in [0.1, 0.15) is 5.60 Å². The molecule has 1 fully saturated rings. The second-order valence-corrected chi connectivity index (χ2v) is 5.73. The second-order valence-electron chi connectivity index (χ2n) is 5.73. The highest BCUT2D eigenvalue weighted by atomic mass is 16.5. The molecule has 110 valence electrons. The molecule has 1 aliphatic carbocycles. The first-order chi connectivity index (χ1) is 10.2. The number of fused-ring (bicyclic) bond motifs is 1. The van der Waals surface area contributed by atoms with Gasteiger partial charge < -0.3 is 4.74 Å². The zero-order chi connectivity index (χ0) is 14.7. The summed E-state index contributed by atoms with van der Waals surface area (Å²) in [6.07, 6.45) is 6.76. The van der Waals surface area contributed by atoms with E-state index in [2.05, 4.69) is 4.98 Å². The molecule has 0 N–H and O–H groups in total. The van der Waals surface area contributed by atoms with Gasteiger partial charge in [-0.2, -0.15) is 0 Å². The number of Topliss-reactive ketones (excluding diaryl/α,β-unsaturated/α-hetero) is 1. The Morgan fingerprint density at radius 3 is 2.81 bits per heavy atom. The lowest BCUT2D eigenvalue weighted by molar-refractivity contribution is -0.0410. The molecule has 3 heteroatoms. The lowest BCUT2D eigenvalue weighted by Gasteiger charge is -2.35. The summed E-state index contributed by atoms with van der Waals surface area (Å²) in [5, 5.41) is 1.06. The summed E-state index contributed by atoms with van der Waals surface area (Å²) in [7, 11) is 0. The number of ketones is 1. The smallest absolute Gasteiger partial charge is 0.194 e. The third-order valence-electron chi connectivity index (χ3n) is 4.36. The van der Waals surface area contributed by atoms with Gasteiger partial charge in [-0.1, -0.05) is 37.5 Å². The van der Waals surface area contributed by atoms with Crippen molar-refractivity contribution in [1.29, 1.82) is 0 Å². The van der Waals surface area contributed by atoms with Crippen LogP contribution in [0.5, 0.6) is 0 Å². The van der Waals surface area contributed by atoms with Gasteiger partial charge in [-0.05, 0) is 31.9 Å². The minimum atomic E-state index is -0.616. The molecule has 0 atom stereocenters. The van der Waals surface area contributed by atoms with Crippen LogP contribution in [0.2, 0.25) is 0 Å². The summed E-state index contributed by atoms with van der Waals surface area (Å²) >= 11 is 0. The van der Waals surface area contributed by atoms with Crippen LogP contribution in [0.25, 0.3) is 10.9 Å². The highest BCUT2D eigenvalue weighted by Crippen LogP contribution is 2.35. The minimum Gasteiger partial charge on any atom is -0.367 e. The van der Waals surface area contributed by atoms with Crippen LogP contribution >= 0.6 is 0 Å². The van der Waals surface area contributed by atoms with Crippen LogP contribution in [0.1, 0.15) is 49.4 Å². The van der Waals surface area contributed by atoms with Crippen LogP contribution in [0, 0.1) is 0 Å². The largest absolute Gasteiger partial charge is 0.367 e. The van der Waals surface area contributed by atoms with E-state index in [1.54, 1.807) is 6.20 Å². The fourth-order valence-corrected chi connectivity index (χ4v) is 3.31. The van der Waals surface area contributed by atoms with E-state index in [4.69, 9.17) is 4.74 Å². The van der Waals surface area contributed by atoms with Gasteiger partial charge in [-0.15, -0.1) is 0 Å². The van der Waals surface area contributed by atoms with E-state index in [9.17, 15) is 4.79 Å². The molecule has 0 amide bonds. The molecule has 0 aliphatic heterocycles. The molecule has 0 spiro atoms. The molecule has 1 saturated carbocycles. The fourth-order valence-electron chi connectivity index (χ4n) is 3.31. The molecule has 0 saturated heterocycles. The average Bonchev–Trinajstić information content (AvgIpc) is 2.55. The highest BCUT2D eigenvalue weighted by molar-refractivity contribution is 6.04. The first kappa shape index (κ1) is 14.2. The van der Waals surface area contributed by atoms with E-state index < -0.39 is 5.60 Å². The quantitative estimate of drug-likeness (QED) is 0.791. The topological polar surface area (TPSA) is 39.2 Å². The molecular formula is C18H21NO2. The molecule has 1 aliphatic rings. The summed E-state index contributed by atoms with van der Waals surface area (Å²) in [6.45, 7) is 2.54. The summed E-state index contributed by atoms with van der Waals surface area (Å²) in [5.41, 5.74) is 0.970. The molecule has 0 unspecified atom stereocenters. The first-order valence-electron chi connectivity index (χ1n) is 7.79. The normalized spacial score (nSPS) is 17.8. The van der Waals surface area contributed by atoms with Crippen LogP contribution < -0.4 is 0 Å². The van der Waals surface area contributed by atoms with E-state index in [-0.39, 0.29) is 5.78 Å². The average molecular weight is 283 g/mol. The standard InChI is InChI=1S/C18H21NO2/c1-2-21-18(10-4-3-5-11-18)17(20)15-9-8-14-7-6-12-19-16(14)13-15/h6-9,12-13H,2-5,10-11H2,1H3. The predicted octanol–water partition coefficient (Wildman–Crippen LogP) is 4.16. The number of hydrogen-bond donors (Lipinski definition) is 0. The summed E-state index contributed by atoms with van der Waals surface area (Å²) in [5.74, 6) is 0.122. The molecule has 0 bridgehead atoms. The van der Waals surface area contributed by atoms with Gasteiger partial charge in [0.25, 0.3) is 0 Å². The van der Waals surface area contributed by atoms with Crippen molar-refractivity contribution in [1.82, 2.24) is 4.98 Å². The van der Waals surface area contributed by atoms with E-state index in [1.807, 2.05) is 37.3 Å². The second kappa shape index (κ2) is 5.94.